The number of nitrogens with zero attached hydrogens (tertiary/aromatic N) is 1. The highest BCUT2D eigenvalue weighted by molar-refractivity contribution is 7.10. The first-order valence-electron chi connectivity index (χ1n) is 6.38. The van der Waals surface area contributed by atoms with Crippen LogP contribution in [0.4, 0.5) is 5.69 Å². The van der Waals surface area contributed by atoms with Crippen molar-refractivity contribution in [3.8, 4) is 0 Å². The lowest BCUT2D eigenvalue weighted by Gasteiger charge is -2.21. The number of hydrazine groups is 1. The van der Waals surface area contributed by atoms with Crippen molar-refractivity contribution in [2.24, 2.45) is 11.8 Å². The van der Waals surface area contributed by atoms with Gasteiger partial charge in [-0.1, -0.05) is 19.9 Å². The van der Waals surface area contributed by atoms with Crippen LogP contribution in [-0.4, -0.2) is 10.9 Å². The lowest BCUT2D eigenvalue weighted by molar-refractivity contribution is 0.0927. The molecular formula is C14H18N4OS. The Morgan fingerprint density at radius 3 is 2.80 bits per heavy atom. The number of nitrogens with two attached hydrogens (primary N) is 1. The van der Waals surface area contributed by atoms with Crippen LogP contribution in [0.15, 0.2) is 36.0 Å². The summed E-state index contributed by atoms with van der Waals surface area (Å²) in [4.78, 5) is 17.5. The molecule has 5 nitrogen and oxygen atoms in total. The number of anilines is 1. The maximum Gasteiger partial charge on any atom is 0.255 e. The highest BCUT2D eigenvalue weighted by Crippen LogP contribution is 2.26. The number of hydrogen-bond donors (Lipinski definition) is 3. The number of aromatic nitrogens is 1. The summed E-state index contributed by atoms with van der Waals surface area (Å²) in [5.41, 5.74) is 3.52. The lowest BCUT2D eigenvalue weighted by Crippen LogP contribution is -2.32. The molecule has 2 aromatic heterocycles. The van der Waals surface area contributed by atoms with E-state index in [2.05, 4.69) is 29.6 Å². The Morgan fingerprint density at radius 1 is 1.40 bits per heavy atom. The Balaban J connectivity index is 2.21. The van der Waals surface area contributed by atoms with Crippen molar-refractivity contribution < 1.29 is 4.79 Å². The Hall–Kier alpha value is -1.92. The summed E-state index contributed by atoms with van der Waals surface area (Å²) < 4.78 is 0. The maximum absolute atomic E-state index is 12.4. The SMILES string of the molecule is CC(C)C(NC(=O)c1cnccc1NN)c1cccs1. The van der Waals surface area contributed by atoms with E-state index >= 15 is 0 Å². The fourth-order valence-corrected chi connectivity index (χ4v) is 2.90. The molecule has 1 amide bonds. The fraction of sp³-hybridized carbons (Fsp3) is 0.286. The van der Waals surface area contributed by atoms with Gasteiger partial charge in [-0.25, -0.2) is 0 Å². The minimum Gasteiger partial charge on any atom is -0.344 e. The molecule has 0 saturated heterocycles. The molecule has 0 aromatic carbocycles. The van der Waals surface area contributed by atoms with Crippen molar-refractivity contribution in [3.63, 3.8) is 0 Å². The molecule has 6 heteroatoms. The number of thiophene rings is 1. The molecule has 0 aliphatic carbocycles. The van der Waals surface area contributed by atoms with Crippen molar-refractivity contribution in [2.45, 2.75) is 19.9 Å². The zero-order chi connectivity index (χ0) is 14.5. The number of nitrogens with one attached hydrogen (secondary N) is 2. The quantitative estimate of drug-likeness (QED) is 0.584. The predicted octanol–water partition coefficient (Wildman–Crippen LogP) is 2.56. The maximum atomic E-state index is 12.4. The summed E-state index contributed by atoms with van der Waals surface area (Å²) in [5, 5.41) is 5.05. The molecule has 2 rings (SSSR count). The standard InChI is InChI=1S/C14H18N4OS/c1-9(2)13(12-4-3-7-20-12)17-14(19)10-8-16-6-5-11(10)18-15/h3-9,13H,15H2,1-2H3,(H,16,18)(H,17,19). The van der Waals surface area contributed by atoms with Crippen LogP contribution in [0.1, 0.15) is 35.1 Å². The molecule has 106 valence electrons. The van der Waals surface area contributed by atoms with E-state index in [4.69, 9.17) is 5.84 Å². The number of carbonyl (C=O) groups is 1. The highest BCUT2D eigenvalue weighted by Gasteiger charge is 2.21. The molecule has 0 saturated carbocycles. The minimum absolute atomic E-state index is 0.0201. The van der Waals surface area contributed by atoms with Gasteiger partial charge in [-0.3, -0.25) is 15.6 Å². The lowest BCUT2D eigenvalue weighted by atomic mass is 10.0. The monoisotopic (exact) mass is 290 g/mol. The first kappa shape index (κ1) is 14.5. The fourth-order valence-electron chi connectivity index (χ4n) is 1.95. The van der Waals surface area contributed by atoms with Crippen molar-refractivity contribution in [3.05, 3.63) is 46.4 Å². The van der Waals surface area contributed by atoms with Crippen LogP contribution in [-0.2, 0) is 0 Å². The Bertz CT molecular complexity index is 568. The van der Waals surface area contributed by atoms with E-state index < -0.39 is 0 Å². The topological polar surface area (TPSA) is 80.0 Å². The smallest absolute Gasteiger partial charge is 0.255 e. The van der Waals surface area contributed by atoms with Gasteiger partial charge in [0, 0.05) is 17.3 Å². The molecule has 4 N–H and O–H groups in total. The zero-order valence-corrected chi connectivity index (χ0v) is 12.3. The number of carbonyl (C=O) groups excluding carboxylic acids is 1. The van der Waals surface area contributed by atoms with Crippen LogP contribution in [0.25, 0.3) is 0 Å². The Kier molecular flexibility index (Phi) is 4.70. The van der Waals surface area contributed by atoms with E-state index in [1.807, 2.05) is 17.5 Å². The van der Waals surface area contributed by atoms with Gasteiger partial charge in [0.1, 0.15) is 0 Å². The van der Waals surface area contributed by atoms with E-state index in [1.165, 1.54) is 6.20 Å². The van der Waals surface area contributed by atoms with Crippen LogP contribution in [0.5, 0.6) is 0 Å². The molecular weight excluding hydrogens is 272 g/mol. The second-order valence-corrected chi connectivity index (χ2v) is 5.76. The normalized spacial score (nSPS) is 12.2. The van der Waals surface area contributed by atoms with Gasteiger partial charge in [0.15, 0.2) is 0 Å². The van der Waals surface area contributed by atoms with Gasteiger partial charge in [-0.05, 0) is 23.4 Å². The van der Waals surface area contributed by atoms with Crippen LogP contribution in [0.2, 0.25) is 0 Å². The molecule has 0 aliphatic rings. The largest absolute Gasteiger partial charge is 0.344 e. The summed E-state index contributed by atoms with van der Waals surface area (Å²) in [6.45, 7) is 4.16. The molecule has 0 aliphatic heterocycles. The molecule has 0 fully saturated rings. The molecule has 1 atom stereocenters. The predicted molar refractivity (Wildman–Crippen MR) is 81.4 cm³/mol. The van der Waals surface area contributed by atoms with E-state index in [0.29, 0.717) is 17.2 Å². The van der Waals surface area contributed by atoms with E-state index in [0.717, 1.165) is 4.88 Å². The van der Waals surface area contributed by atoms with Crippen molar-refractivity contribution in [1.82, 2.24) is 10.3 Å². The van der Waals surface area contributed by atoms with Gasteiger partial charge in [-0.15, -0.1) is 11.3 Å². The zero-order valence-electron chi connectivity index (χ0n) is 11.5. The first-order chi connectivity index (χ1) is 9.63. The summed E-state index contributed by atoms with van der Waals surface area (Å²) in [6.07, 6.45) is 3.10. The van der Waals surface area contributed by atoms with Gasteiger partial charge >= 0.3 is 0 Å². The van der Waals surface area contributed by atoms with Gasteiger partial charge in [0.2, 0.25) is 0 Å². The number of rotatable bonds is 5. The molecule has 2 heterocycles. The molecule has 0 spiro atoms. The van der Waals surface area contributed by atoms with Gasteiger partial charge < -0.3 is 10.7 Å². The molecule has 2 aromatic rings. The van der Waals surface area contributed by atoms with Crippen LogP contribution in [0.3, 0.4) is 0 Å². The van der Waals surface area contributed by atoms with Crippen molar-refractivity contribution in [1.29, 1.82) is 0 Å². The summed E-state index contributed by atoms with van der Waals surface area (Å²) in [7, 11) is 0. The van der Waals surface area contributed by atoms with E-state index in [-0.39, 0.29) is 11.9 Å². The number of hydrogen-bond acceptors (Lipinski definition) is 5. The van der Waals surface area contributed by atoms with Gasteiger partial charge in [0.25, 0.3) is 5.91 Å². The third-order valence-corrected chi connectivity index (χ3v) is 3.98. The molecule has 1 unspecified atom stereocenters. The van der Waals surface area contributed by atoms with Crippen molar-refractivity contribution in [2.75, 3.05) is 5.43 Å². The summed E-state index contributed by atoms with van der Waals surface area (Å²) in [5.74, 6) is 5.53. The van der Waals surface area contributed by atoms with Crippen LogP contribution < -0.4 is 16.6 Å². The second kappa shape index (κ2) is 6.49. The van der Waals surface area contributed by atoms with Gasteiger partial charge in [0.05, 0.1) is 17.3 Å². The minimum atomic E-state index is -0.182. The first-order valence-corrected chi connectivity index (χ1v) is 7.26. The van der Waals surface area contributed by atoms with Crippen LogP contribution in [0, 0.1) is 5.92 Å². The number of nitrogen functional groups attached to an aromatic ring is 1. The van der Waals surface area contributed by atoms with Gasteiger partial charge in [-0.2, -0.15) is 0 Å². The third-order valence-electron chi connectivity index (χ3n) is 3.02. The Labute approximate surface area is 122 Å². The van der Waals surface area contributed by atoms with E-state index in [1.54, 1.807) is 23.6 Å². The molecule has 0 bridgehead atoms. The third kappa shape index (κ3) is 3.15. The number of pyridine rings is 1. The summed E-state index contributed by atoms with van der Waals surface area (Å²) in [6, 6.07) is 5.66. The average Bonchev–Trinajstić information content (AvgIpc) is 2.97. The molecule has 20 heavy (non-hydrogen) atoms. The highest BCUT2D eigenvalue weighted by atomic mass is 32.1. The molecule has 0 radical (unpaired) electrons. The van der Waals surface area contributed by atoms with Crippen molar-refractivity contribution >= 4 is 22.9 Å². The Morgan fingerprint density at radius 2 is 2.20 bits per heavy atom. The average molecular weight is 290 g/mol. The van der Waals surface area contributed by atoms with Crippen LogP contribution >= 0.6 is 11.3 Å². The number of amides is 1. The summed E-state index contributed by atoms with van der Waals surface area (Å²) >= 11 is 1.64. The van der Waals surface area contributed by atoms with E-state index in [9.17, 15) is 4.79 Å². The second-order valence-electron chi connectivity index (χ2n) is 4.78.